The molecule has 1 aromatic heterocycles. The summed E-state index contributed by atoms with van der Waals surface area (Å²) in [6.07, 6.45) is 4.86. The second-order valence-corrected chi connectivity index (χ2v) is 6.11. The Hall–Kier alpha value is -1.36. The topological polar surface area (TPSA) is 66.4 Å². The van der Waals surface area contributed by atoms with E-state index in [4.69, 9.17) is 5.11 Å². The minimum absolute atomic E-state index is 0.00926. The van der Waals surface area contributed by atoms with Crippen LogP contribution in [0.25, 0.3) is 0 Å². The molecule has 4 nitrogen and oxygen atoms in total. The first-order valence-electron chi connectivity index (χ1n) is 6.74. The van der Waals surface area contributed by atoms with E-state index >= 15 is 0 Å². The molecular weight excluding hydrogens is 262 g/mol. The molecule has 0 aliphatic heterocycles. The number of thiophene rings is 1. The number of amides is 1. The number of aliphatic carboxylic acids is 1. The number of carboxylic acids is 1. The number of aryl methyl sites for hydroxylation is 2. The van der Waals surface area contributed by atoms with Gasteiger partial charge in [0, 0.05) is 10.9 Å². The number of rotatable bonds is 6. The fourth-order valence-corrected chi connectivity index (χ4v) is 3.64. The summed E-state index contributed by atoms with van der Waals surface area (Å²) in [4.78, 5) is 24.9. The third-order valence-corrected chi connectivity index (χ3v) is 4.60. The number of carboxylic acid groups (broad SMARTS) is 1. The highest BCUT2D eigenvalue weighted by Crippen LogP contribution is 2.30. The van der Waals surface area contributed by atoms with Gasteiger partial charge in [0.2, 0.25) is 0 Å². The van der Waals surface area contributed by atoms with Crippen molar-refractivity contribution in [2.45, 2.75) is 51.5 Å². The van der Waals surface area contributed by atoms with Crippen molar-refractivity contribution in [2.75, 3.05) is 0 Å². The van der Waals surface area contributed by atoms with E-state index in [1.165, 1.54) is 16.9 Å². The van der Waals surface area contributed by atoms with E-state index in [9.17, 15) is 9.59 Å². The maximum Gasteiger partial charge on any atom is 0.305 e. The zero-order valence-corrected chi connectivity index (χ0v) is 11.9. The zero-order chi connectivity index (χ0) is 13.8. The number of carbonyl (C=O) groups is 2. The molecule has 2 rings (SSSR count). The van der Waals surface area contributed by atoms with Crippen LogP contribution in [0.4, 0.5) is 0 Å². The van der Waals surface area contributed by atoms with Gasteiger partial charge in [-0.2, -0.15) is 0 Å². The molecule has 0 saturated heterocycles. The Bertz CT molecular complexity index is 460. The summed E-state index contributed by atoms with van der Waals surface area (Å²) in [5.41, 5.74) is 1.29. The molecule has 0 spiro atoms. The summed E-state index contributed by atoms with van der Waals surface area (Å²) in [6.45, 7) is 1.99. The average Bonchev–Trinajstić information content (AvgIpc) is 2.87. The molecule has 1 aliphatic rings. The van der Waals surface area contributed by atoms with E-state index in [0.29, 0.717) is 6.42 Å². The molecule has 1 unspecified atom stereocenters. The summed E-state index contributed by atoms with van der Waals surface area (Å²) in [5, 5.41) is 11.7. The molecule has 1 aromatic rings. The molecule has 0 bridgehead atoms. The van der Waals surface area contributed by atoms with Gasteiger partial charge in [-0.3, -0.25) is 9.59 Å². The quantitative estimate of drug-likeness (QED) is 0.842. The fourth-order valence-electron chi connectivity index (χ4n) is 2.48. The van der Waals surface area contributed by atoms with Gasteiger partial charge in [-0.25, -0.2) is 0 Å². The Kier molecular flexibility index (Phi) is 4.58. The summed E-state index contributed by atoms with van der Waals surface area (Å²) >= 11 is 1.55. The number of hydrogen-bond acceptors (Lipinski definition) is 3. The van der Waals surface area contributed by atoms with Crippen LogP contribution in [0.5, 0.6) is 0 Å². The van der Waals surface area contributed by atoms with Crippen molar-refractivity contribution >= 4 is 23.2 Å². The summed E-state index contributed by atoms with van der Waals surface area (Å²) in [5.74, 6) is -0.994. The first-order valence-corrected chi connectivity index (χ1v) is 7.56. The minimum Gasteiger partial charge on any atom is -0.481 e. The van der Waals surface area contributed by atoms with E-state index in [-0.39, 0.29) is 18.4 Å². The zero-order valence-electron chi connectivity index (χ0n) is 11.1. The Labute approximate surface area is 116 Å². The van der Waals surface area contributed by atoms with Crippen molar-refractivity contribution in [3.05, 3.63) is 21.4 Å². The molecule has 1 atom stereocenters. The molecule has 5 heteroatoms. The lowest BCUT2D eigenvalue weighted by Gasteiger charge is -2.15. The third-order valence-electron chi connectivity index (χ3n) is 3.36. The maximum absolute atomic E-state index is 12.1. The van der Waals surface area contributed by atoms with Gasteiger partial charge < -0.3 is 10.4 Å². The largest absolute Gasteiger partial charge is 0.481 e. The van der Waals surface area contributed by atoms with E-state index in [0.717, 1.165) is 24.1 Å². The van der Waals surface area contributed by atoms with Gasteiger partial charge in [0.1, 0.15) is 0 Å². The van der Waals surface area contributed by atoms with Crippen molar-refractivity contribution in [2.24, 2.45) is 0 Å². The predicted octanol–water partition coefficient (Wildman–Crippen LogP) is 2.61. The van der Waals surface area contributed by atoms with E-state index in [1.807, 2.05) is 13.0 Å². The maximum atomic E-state index is 12.1. The van der Waals surface area contributed by atoms with Crippen molar-refractivity contribution in [1.29, 1.82) is 0 Å². The van der Waals surface area contributed by atoms with Crippen molar-refractivity contribution in [1.82, 2.24) is 5.32 Å². The molecule has 0 fully saturated rings. The molecular formula is C14H19NO3S. The first kappa shape index (κ1) is 14.1. The summed E-state index contributed by atoms with van der Waals surface area (Å²) in [6, 6.07) is 1.69. The average molecular weight is 281 g/mol. The number of nitrogens with one attached hydrogen (secondary N) is 1. The highest BCUT2D eigenvalue weighted by Gasteiger charge is 2.21. The standard InChI is InChI=1S/C14H19NO3S/c1-2-4-10(8-13(16)17)15-14(18)12-7-9-5-3-6-11(9)19-12/h7,10H,2-6,8H2,1H3,(H,15,18)(H,16,17). The van der Waals surface area contributed by atoms with Gasteiger partial charge >= 0.3 is 5.97 Å². The molecule has 1 heterocycles. The molecule has 1 amide bonds. The lowest BCUT2D eigenvalue weighted by atomic mass is 10.1. The molecule has 2 N–H and O–H groups in total. The first-order chi connectivity index (χ1) is 9.10. The SMILES string of the molecule is CCCC(CC(=O)O)NC(=O)c1cc2c(s1)CCC2. The lowest BCUT2D eigenvalue weighted by molar-refractivity contribution is -0.137. The number of fused-ring (bicyclic) bond motifs is 1. The Morgan fingerprint density at radius 3 is 2.89 bits per heavy atom. The van der Waals surface area contributed by atoms with Gasteiger partial charge in [0.05, 0.1) is 11.3 Å². The molecule has 19 heavy (non-hydrogen) atoms. The Morgan fingerprint density at radius 2 is 2.26 bits per heavy atom. The highest BCUT2D eigenvalue weighted by molar-refractivity contribution is 7.14. The molecule has 1 aliphatic carbocycles. The van der Waals surface area contributed by atoms with Crippen LogP contribution in [0.3, 0.4) is 0 Å². The van der Waals surface area contributed by atoms with Crippen LogP contribution in [0.2, 0.25) is 0 Å². The molecule has 0 radical (unpaired) electrons. The monoisotopic (exact) mass is 281 g/mol. The van der Waals surface area contributed by atoms with Crippen molar-refractivity contribution in [3.8, 4) is 0 Å². The smallest absolute Gasteiger partial charge is 0.305 e. The highest BCUT2D eigenvalue weighted by atomic mass is 32.1. The summed E-state index contributed by atoms with van der Waals surface area (Å²) in [7, 11) is 0. The normalized spacial score (nSPS) is 15.0. The minimum atomic E-state index is -0.868. The third kappa shape index (κ3) is 3.56. The van der Waals surface area contributed by atoms with E-state index < -0.39 is 5.97 Å². The lowest BCUT2D eigenvalue weighted by Crippen LogP contribution is -2.36. The second kappa shape index (κ2) is 6.19. The molecule has 104 valence electrons. The van der Waals surface area contributed by atoms with Crippen LogP contribution in [0.1, 0.15) is 52.7 Å². The van der Waals surface area contributed by atoms with E-state index in [2.05, 4.69) is 5.32 Å². The van der Waals surface area contributed by atoms with Crippen molar-refractivity contribution in [3.63, 3.8) is 0 Å². The molecule has 0 saturated carbocycles. The predicted molar refractivity (Wildman–Crippen MR) is 74.8 cm³/mol. The summed E-state index contributed by atoms with van der Waals surface area (Å²) < 4.78 is 0. The molecule has 0 aromatic carbocycles. The van der Waals surface area contributed by atoms with Gasteiger partial charge in [-0.05, 0) is 37.3 Å². The Morgan fingerprint density at radius 1 is 1.47 bits per heavy atom. The fraction of sp³-hybridized carbons (Fsp3) is 0.571. The van der Waals surface area contributed by atoms with Gasteiger partial charge in [0.15, 0.2) is 0 Å². The van der Waals surface area contributed by atoms with Crippen LogP contribution in [0.15, 0.2) is 6.07 Å². The Balaban J connectivity index is 1.99. The van der Waals surface area contributed by atoms with Gasteiger partial charge in [-0.1, -0.05) is 13.3 Å². The van der Waals surface area contributed by atoms with Crippen LogP contribution < -0.4 is 5.32 Å². The van der Waals surface area contributed by atoms with Crippen LogP contribution >= 0.6 is 11.3 Å². The number of carbonyl (C=O) groups excluding carboxylic acids is 1. The second-order valence-electron chi connectivity index (χ2n) is 4.97. The van der Waals surface area contributed by atoms with Crippen molar-refractivity contribution < 1.29 is 14.7 Å². The number of hydrogen-bond donors (Lipinski definition) is 2. The van der Waals surface area contributed by atoms with Crippen LogP contribution in [-0.4, -0.2) is 23.0 Å². The van der Waals surface area contributed by atoms with Gasteiger partial charge in [-0.15, -0.1) is 11.3 Å². The van der Waals surface area contributed by atoms with Crippen LogP contribution in [0, 0.1) is 0 Å². The van der Waals surface area contributed by atoms with Gasteiger partial charge in [0.25, 0.3) is 5.91 Å². The van der Waals surface area contributed by atoms with Crippen LogP contribution in [-0.2, 0) is 17.6 Å². The van der Waals surface area contributed by atoms with E-state index in [1.54, 1.807) is 11.3 Å².